The molecule has 1 aliphatic heterocycles. The summed E-state index contributed by atoms with van der Waals surface area (Å²) in [5.41, 5.74) is 2.42. The van der Waals surface area contributed by atoms with Crippen LogP contribution < -0.4 is 5.32 Å². The number of benzene rings is 1. The van der Waals surface area contributed by atoms with E-state index in [1.54, 1.807) is 0 Å². The Hall–Kier alpha value is -0.480. The lowest BCUT2D eigenvalue weighted by molar-refractivity contribution is -0.122. The molecule has 104 valence electrons. The van der Waals surface area contributed by atoms with Crippen molar-refractivity contribution in [3.8, 4) is 0 Å². The van der Waals surface area contributed by atoms with Crippen LogP contribution in [0.3, 0.4) is 0 Å². The zero-order chi connectivity index (χ0) is 13.5. The maximum atomic E-state index is 11.9. The molecule has 1 fully saturated rings. The molecule has 2 nitrogen and oxygen atoms in total. The molecule has 0 spiro atoms. The fourth-order valence-electron chi connectivity index (χ4n) is 2.23. The lowest BCUT2D eigenvalue weighted by Crippen LogP contribution is -2.26. The van der Waals surface area contributed by atoms with Gasteiger partial charge in [-0.3, -0.25) is 4.79 Å². The third-order valence-electron chi connectivity index (χ3n) is 3.48. The fraction of sp³-hybridized carbons (Fsp3) is 0.533. The van der Waals surface area contributed by atoms with Gasteiger partial charge in [-0.15, -0.1) is 0 Å². The van der Waals surface area contributed by atoms with Crippen LogP contribution >= 0.6 is 27.7 Å². The molecule has 0 aromatic heterocycles. The van der Waals surface area contributed by atoms with Crippen LogP contribution in [0.15, 0.2) is 24.3 Å². The van der Waals surface area contributed by atoms with E-state index in [0.717, 1.165) is 10.9 Å². The Bertz CT molecular complexity index is 401. The molecule has 0 bridgehead atoms. The number of halogens is 1. The van der Waals surface area contributed by atoms with Gasteiger partial charge in [0.1, 0.15) is 0 Å². The molecule has 2 rings (SSSR count). The Morgan fingerprint density at radius 1 is 1.21 bits per heavy atom. The van der Waals surface area contributed by atoms with Gasteiger partial charge in [-0.1, -0.05) is 40.2 Å². The van der Waals surface area contributed by atoms with Crippen molar-refractivity contribution in [1.82, 2.24) is 5.32 Å². The van der Waals surface area contributed by atoms with E-state index in [-0.39, 0.29) is 5.91 Å². The fourth-order valence-corrected chi connectivity index (χ4v) is 3.81. The van der Waals surface area contributed by atoms with Crippen molar-refractivity contribution in [2.24, 2.45) is 5.92 Å². The Morgan fingerprint density at radius 2 is 1.84 bits per heavy atom. The molecule has 1 amide bonds. The molecular weight excluding hydrogens is 322 g/mol. The smallest absolute Gasteiger partial charge is 0.220 e. The van der Waals surface area contributed by atoms with E-state index in [9.17, 15) is 4.79 Å². The molecule has 0 saturated carbocycles. The molecule has 1 aromatic carbocycles. The van der Waals surface area contributed by atoms with E-state index in [4.69, 9.17) is 0 Å². The molecule has 19 heavy (non-hydrogen) atoms. The first kappa shape index (κ1) is 14.9. The Kier molecular flexibility index (Phi) is 6.24. The summed E-state index contributed by atoms with van der Waals surface area (Å²) >= 11 is 5.43. The van der Waals surface area contributed by atoms with Crippen molar-refractivity contribution in [3.05, 3.63) is 35.4 Å². The van der Waals surface area contributed by atoms with Crippen LogP contribution in [-0.2, 0) is 16.7 Å². The SMILES string of the molecule is O=C(CC1CCSCC1)NCc1ccc(CBr)cc1. The summed E-state index contributed by atoms with van der Waals surface area (Å²) in [6.07, 6.45) is 3.08. The van der Waals surface area contributed by atoms with E-state index in [1.165, 1.54) is 29.9 Å². The summed E-state index contributed by atoms with van der Waals surface area (Å²) in [7, 11) is 0. The minimum atomic E-state index is 0.196. The molecule has 0 radical (unpaired) electrons. The average molecular weight is 342 g/mol. The quantitative estimate of drug-likeness (QED) is 0.826. The number of carbonyl (C=O) groups is 1. The van der Waals surface area contributed by atoms with Gasteiger partial charge in [0.05, 0.1) is 0 Å². The second kappa shape index (κ2) is 7.95. The maximum Gasteiger partial charge on any atom is 0.220 e. The van der Waals surface area contributed by atoms with Crippen LogP contribution in [0, 0.1) is 5.92 Å². The molecule has 1 N–H and O–H groups in total. The Labute approximate surface area is 127 Å². The predicted molar refractivity (Wildman–Crippen MR) is 85.6 cm³/mol. The highest BCUT2D eigenvalue weighted by molar-refractivity contribution is 9.08. The van der Waals surface area contributed by atoms with Gasteiger partial charge in [-0.25, -0.2) is 0 Å². The molecule has 0 aliphatic carbocycles. The first-order valence-corrected chi connectivity index (χ1v) is 9.04. The van der Waals surface area contributed by atoms with Gasteiger partial charge in [0, 0.05) is 18.3 Å². The number of hydrogen-bond acceptors (Lipinski definition) is 2. The molecule has 1 saturated heterocycles. The first-order valence-electron chi connectivity index (χ1n) is 6.76. The molecule has 1 aliphatic rings. The van der Waals surface area contributed by atoms with Gasteiger partial charge in [0.15, 0.2) is 0 Å². The van der Waals surface area contributed by atoms with Crippen LogP contribution in [0.1, 0.15) is 30.4 Å². The Balaban J connectivity index is 1.72. The molecule has 1 heterocycles. The summed E-state index contributed by atoms with van der Waals surface area (Å²) in [6, 6.07) is 8.34. The molecule has 0 unspecified atom stereocenters. The molecule has 0 atom stereocenters. The number of hydrogen-bond donors (Lipinski definition) is 1. The maximum absolute atomic E-state index is 11.9. The van der Waals surface area contributed by atoms with Crippen molar-refractivity contribution in [2.75, 3.05) is 11.5 Å². The predicted octanol–water partition coefficient (Wildman–Crippen LogP) is 3.73. The molecule has 1 aromatic rings. The summed E-state index contributed by atoms with van der Waals surface area (Å²) in [5, 5.41) is 3.90. The highest BCUT2D eigenvalue weighted by Crippen LogP contribution is 2.25. The van der Waals surface area contributed by atoms with Crippen LogP contribution in [0.4, 0.5) is 0 Å². The number of thioether (sulfide) groups is 1. The van der Waals surface area contributed by atoms with E-state index in [0.29, 0.717) is 18.9 Å². The molecular formula is C15H20BrNOS. The van der Waals surface area contributed by atoms with Gasteiger partial charge < -0.3 is 5.32 Å². The average Bonchev–Trinajstić information content (AvgIpc) is 2.47. The lowest BCUT2D eigenvalue weighted by atomic mass is 9.98. The second-order valence-corrected chi connectivity index (χ2v) is 6.77. The van der Waals surface area contributed by atoms with Crippen molar-refractivity contribution in [1.29, 1.82) is 0 Å². The first-order chi connectivity index (χ1) is 9.28. The summed E-state index contributed by atoms with van der Waals surface area (Å²) in [4.78, 5) is 11.9. The number of carbonyl (C=O) groups excluding carboxylic acids is 1. The van der Waals surface area contributed by atoms with Gasteiger partial charge in [0.25, 0.3) is 0 Å². The van der Waals surface area contributed by atoms with Crippen molar-refractivity contribution < 1.29 is 4.79 Å². The third-order valence-corrected chi connectivity index (χ3v) is 5.18. The van der Waals surface area contributed by atoms with E-state index >= 15 is 0 Å². The van der Waals surface area contributed by atoms with Crippen molar-refractivity contribution in [3.63, 3.8) is 0 Å². The lowest BCUT2D eigenvalue weighted by Gasteiger charge is -2.20. The molecule has 4 heteroatoms. The summed E-state index contributed by atoms with van der Waals surface area (Å²) in [6.45, 7) is 0.642. The largest absolute Gasteiger partial charge is 0.352 e. The van der Waals surface area contributed by atoms with Crippen LogP contribution in [0.5, 0.6) is 0 Å². The summed E-state index contributed by atoms with van der Waals surface area (Å²) in [5.74, 6) is 3.22. The van der Waals surface area contributed by atoms with Crippen molar-refractivity contribution in [2.45, 2.75) is 31.1 Å². The van der Waals surface area contributed by atoms with Crippen LogP contribution in [-0.4, -0.2) is 17.4 Å². The van der Waals surface area contributed by atoms with Crippen LogP contribution in [0.2, 0.25) is 0 Å². The van der Waals surface area contributed by atoms with Gasteiger partial charge in [-0.2, -0.15) is 11.8 Å². The zero-order valence-electron chi connectivity index (χ0n) is 11.0. The number of rotatable bonds is 5. The third kappa shape index (κ3) is 5.19. The van der Waals surface area contributed by atoms with E-state index in [1.807, 2.05) is 11.8 Å². The number of nitrogens with one attached hydrogen (secondary N) is 1. The Morgan fingerprint density at radius 3 is 2.47 bits per heavy atom. The second-order valence-electron chi connectivity index (χ2n) is 4.99. The highest BCUT2D eigenvalue weighted by Gasteiger charge is 2.16. The monoisotopic (exact) mass is 341 g/mol. The van der Waals surface area contributed by atoms with Crippen molar-refractivity contribution >= 4 is 33.6 Å². The normalized spacial score (nSPS) is 16.3. The van der Waals surface area contributed by atoms with E-state index < -0.39 is 0 Å². The summed E-state index contributed by atoms with van der Waals surface area (Å²) < 4.78 is 0. The minimum absolute atomic E-state index is 0.196. The standard InChI is InChI=1S/C15H20BrNOS/c16-10-13-1-3-14(4-2-13)11-17-15(18)9-12-5-7-19-8-6-12/h1-4,12H,5-11H2,(H,17,18). The topological polar surface area (TPSA) is 29.1 Å². The van der Waals surface area contributed by atoms with Gasteiger partial charge in [0.2, 0.25) is 5.91 Å². The number of amides is 1. The van der Waals surface area contributed by atoms with Gasteiger partial charge in [-0.05, 0) is 41.4 Å². The van der Waals surface area contributed by atoms with Crippen LogP contribution in [0.25, 0.3) is 0 Å². The zero-order valence-corrected chi connectivity index (χ0v) is 13.4. The highest BCUT2D eigenvalue weighted by atomic mass is 79.9. The van der Waals surface area contributed by atoms with E-state index in [2.05, 4.69) is 45.5 Å². The van der Waals surface area contributed by atoms with Gasteiger partial charge >= 0.3 is 0 Å². The minimum Gasteiger partial charge on any atom is -0.352 e. The number of alkyl halides is 1.